The van der Waals surface area contributed by atoms with Gasteiger partial charge in [0.15, 0.2) is 13.2 Å². The number of halogens is 1. The van der Waals surface area contributed by atoms with E-state index in [9.17, 15) is 39.1 Å². The Balaban J connectivity index is 0.000000321. The van der Waals surface area contributed by atoms with Gasteiger partial charge in [0.1, 0.15) is 29.4 Å². The van der Waals surface area contributed by atoms with Crippen LogP contribution in [0.1, 0.15) is 217 Å². The number of ether oxygens (including phenoxy) is 3. The fourth-order valence-corrected chi connectivity index (χ4v) is 11.7. The Bertz CT molecular complexity index is 4090. The normalized spacial score (nSPS) is 13.5. The molecule has 2 heterocycles. The summed E-state index contributed by atoms with van der Waals surface area (Å²) in [6, 6.07) is 30.7. The highest BCUT2D eigenvalue weighted by Gasteiger charge is 2.53. The molecule has 6 aromatic carbocycles. The minimum atomic E-state index is -0.856. The zero-order valence-electron chi connectivity index (χ0n) is 61.2. The number of hydrazine groups is 3. The molecule has 101 heavy (non-hydrogen) atoms. The summed E-state index contributed by atoms with van der Waals surface area (Å²) in [5.41, 5.74) is 16.5. The quantitative estimate of drug-likeness (QED) is 0.0596. The van der Waals surface area contributed by atoms with Crippen LogP contribution in [0.2, 0.25) is 0 Å². The average Bonchev–Trinajstić information content (AvgIpc) is 1.65. The number of rotatable bonds is 11. The molecule has 0 aromatic heterocycles. The van der Waals surface area contributed by atoms with E-state index in [1.165, 1.54) is 15.0 Å². The molecule has 1 saturated heterocycles. The van der Waals surface area contributed by atoms with Crippen LogP contribution in [0.15, 0.2) is 95.5 Å². The lowest BCUT2D eigenvalue weighted by molar-refractivity contribution is 0.00578. The number of benzene rings is 6. The van der Waals surface area contributed by atoms with Crippen molar-refractivity contribution in [2.24, 2.45) is 0 Å². The van der Waals surface area contributed by atoms with Gasteiger partial charge >= 0.3 is 14.2 Å². The van der Waals surface area contributed by atoms with Crippen LogP contribution in [0.3, 0.4) is 0 Å². The summed E-state index contributed by atoms with van der Waals surface area (Å²) in [5.74, 6) is -0.949. The molecule has 21 nitrogen and oxygen atoms in total. The van der Waals surface area contributed by atoms with Crippen molar-refractivity contribution >= 4 is 76.5 Å². The van der Waals surface area contributed by atoms with Crippen molar-refractivity contribution in [2.45, 2.75) is 195 Å². The van der Waals surface area contributed by atoms with E-state index in [-0.39, 0.29) is 45.8 Å². The Labute approximate surface area is 607 Å². The predicted molar refractivity (Wildman–Crippen MR) is 402 cm³/mol. The molecule has 0 atom stereocenters. The van der Waals surface area contributed by atoms with Gasteiger partial charge in [-0.1, -0.05) is 78.6 Å². The van der Waals surface area contributed by atoms with E-state index in [1.54, 1.807) is 81.4 Å². The van der Waals surface area contributed by atoms with Crippen molar-refractivity contribution in [2.75, 3.05) is 26.4 Å². The van der Waals surface area contributed by atoms with Gasteiger partial charge in [0.05, 0.1) is 38.9 Å². The van der Waals surface area contributed by atoms with Gasteiger partial charge < -0.3 is 33.8 Å². The van der Waals surface area contributed by atoms with Gasteiger partial charge in [-0.3, -0.25) is 45.0 Å². The van der Waals surface area contributed by atoms with E-state index in [4.69, 9.17) is 28.8 Å². The average molecular weight is 1450 g/mol. The Morgan fingerprint density at radius 1 is 0.525 bits per heavy atom. The van der Waals surface area contributed by atoms with E-state index in [2.05, 4.69) is 37.4 Å². The molecule has 5 N–H and O–H groups in total. The third-order valence-corrected chi connectivity index (χ3v) is 17.3. The minimum absolute atomic E-state index is 0. The highest BCUT2D eigenvalue weighted by molar-refractivity contribution is 9.10. The number of aryl methyl sites for hydroxylation is 6. The first kappa shape index (κ1) is 84.4. The van der Waals surface area contributed by atoms with Gasteiger partial charge in [-0.25, -0.2) is 15.0 Å². The lowest BCUT2D eigenvalue weighted by atomic mass is 9.72. The number of fused-ring (bicyclic) bond motifs is 1. The lowest BCUT2D eigenvalue weighted by Crippen LogP contribution is -2.56. The zero-order chi connectivity index (χ0) is 74.2. The standard InChI is InChI=1S/C29H38BN3O5.C23H30BN3O4.C23H26BrN3O3.2CH4/c1-18-15-19(2)17-21(16-18)26(35)33(27(4,5)6)32-25(34)22-11-12-23(24(20(22)3)36-14-13-31)30-37-28(7,8)29(9,10)38-30;1-14-11-15(2)13-17(12-14)22(29)27(23(4,5)6)26-21(28)18-7-8-19-20(16(18)3)31-10-9-25-24(19)30;1-14-11-15(2)13-17(12-14)22(29)27(23(4,5)6)26-21(28)18-7-8-19(24)20(16(18)3)30-10-9-25;;/h11-12,15-17H,14H2,1-10H3,(H,32,34);7-8,11-13,25,30H,9-10H2,1-6H3,(H,26,28);7-8,11-13H,10H2,1-6H3,(H,26,28);2*1H4. The van der Waals surface area contributed by atoms with Crippen LogP contribution in [0.5, 0.6) is 17.2 Å². The summed E-state index contributed by atoms with van der Waals surface area (Å²) in [4.78, 5) is 80.0. The molecule has 0 spiro atoms. The Kier molecular flexibility index (Phi) is 28.5. The summed E-state index contributed by atoms with van der Waals surface area (Å²) in [6.45, 7) is 41.9. The highest BCUT2D eigenvalue weighted by Crippen LogP contribution is 2.38. The number of hydrogen-bond acceptors (Lipinski definition) is 15. The minimum Gasteiger partial charge on any atom is -0.492 e. The first-order chi connectivity index (χ1) is 45.9. The molecule has 8 rings (SSSR count). The van der Waals surface area contributed by atoms with Crippen molar-refractivity contribution in [3.8, 4) is 29.4 Å². The Morgan fingerprint density at radius 2 is 0.842 bits per heavy atom. The van der Waals surface area contributed by atoms with Crippen molar-refractivity contribution < 1.29 is 57.3 Å². The van der Waals surface area contributed by atoms with Crippen LogP contribution >= 0.6 is 15.9 Å². The second-order valence-corrected chi connectivity index (χ2v) is 29.8. The van der Waals surface area contributed by atoms with E-state index in [1.807, 2.05) is 174 Å². The van der Waals surface area contributed by atoms with E-state index in [0.717, 1.165) is 33.4 Å². The third-order valence-electron chi connectivity index (χ3n) is 16.7. The van der Waals surface area contributed by atoms with Crippen LogP contribution in [-0.4, -0.2) is 124 Å². The summed E-state index contributed by atoms with van der Waals surface area (Å²) < 4.78 is 30.1. The SMILES string of the molecule is C.C.Cc1cc(C)cc(C(=O)N(NC(=O)c2ccc(B3OC(C)(C)C(C)(C)O3)c(OCC#N)c2C)C(C)(C)C)c1.Cc1cc(C)cc(C(=O)N(NC(=O)c2ccc(Br)c(OCC#N)c2C)C(C)(C)C)c1.Cc1cc(C)cc(C(=O)N(NC(=O)c2ccc3c(c2C)OCCNB3O)C(C)(C)C)c1. The number of nitrogens with zero attached hydrogens (tertiary/aromatic N) is 5. The number of amides is 6. The first-order valence-corrected chi connectivity index (χ1v) is 33.4. The van der Waals surface area contributed by atoms with Gasteiger partial charge in [-0.15, -0.1) is 0 Å². The number of nitrogens with one attached hydrogen (secondary N) is 4. The predicted octanol–water partition coefficient (Wildman–Crippen LogP) is 12.4. The molecule has 2 aliphatic rings. The summed E-state index contributed by atoms with van der Waals surface area (Å²) in [6.07, 6.45) is 0. The van der Waals surface area contributed by atoms with Gasteiger partial charge in [-0.2, -0.15) is 10.5 Å². The molecule has 0 aliphatic carbocycles. The fraction of sp³-hybridized carbons (Fsp3) is 0.429. The molecular formula is C77H102B2BrN9O12. The Morgan fingerprint density at radius 3 is 1.19 bits per heavy atom. The van der Waals surface area contributed by atoms with Crippen LogP contribution in [-0.2, 0) is 9.31 Å². The second-order valence-electron chi connectivity index (χ2n) is 28.9. The maximum Gasteiger partial charge on any atom is 0.498 e. The van der Waals surface area contributed by atoms with Crippen LogP contribution in [0.25, 0.3) is 0 Å². The van der Waals surface area contributed by atoms with Gasteiger partial charge in [-0.05, 0) is 229 Å². The number of carbonyl (C=O) groups excluding carboxylic acids is 6. The summed E-state index contributed by atoms with van der Waals surface area (Å²) in [7, 11) is -1.59. The van der Waals surface area contributed by atoms with Crippen LogP contribution in [0, 0.1) is 85.0 Å². The molecule has 0 bridgehead atoms. The largest absolute Gasteiger partial charge is 0.498 e. The number of nitriles is 2. The third kappa shape index (κ3) is 20.8. The summed E-state index contributed by atoms with van der Waals surface area (Å²) in [5, 5.41) is 35.2. The molecule has 540 valence electrons. The first-order valence-electron chi connectivity index (χ1n) is 32.6. The van der Waals surface area contributed by atoms with E-state index < -0.39 is 59.7 Å². The molecule has 6 aromatic rings. The van der Waals surface area contributed by atoms with Crippen molar-refractivity contribution in [1.29, 1.82) is 10.5 Å². The van der Waals surface area contributed by atoms with Gasteiger partial charge in [0.2, 0.25) is 0 Å². The van der Waals surface area contributed by atoms with E-state index in [0.29, 0.717) is 95.9 Å². The maximum atomic E-state index is 13.6. The van der Waals surface area contributed by atoms with Gasteiger partial charge in [0.25, 0.3) is 35.4 Å². The molecule has 24 heteroatoms. The van der Waals surface area contributed by atoms with Crippen LogP contribution < -0.4 is 46.6 Å². The lowest BCUT2D eigenvalue weighted by Gasteiger charge is -2.36. The maximum absolute atomic E-state index is 13.6. The molecule has 2 aliphatic heterocycles. The molecule has 1 fully saturated rings. The fourth-order valence-electron chi connectivity index (χ4n) is 11.2. The van der Waals surface area contributed by atoms with Crippen molar-refractivity contribution in [3.63, 3.8) is 0 Å². The zero-order valence-corrected chi connectivity index (χ0v) is 62.8. The molecule has 0 saturated carbocycles. The van der Waals surface area contributed by atoms with E-state index >= 15 is 0 Å². The number of carbonyl (C=O) groups is 6. The monoisotopic (exact) mass is 1450 g/mol. The van der Waals surface area contributed by atoms with Crippen LogP contribution in [0.4, 0.5) is 0 Å². The second kappa shape index (κ2) is 34.1. The molecule has 6 amide bonds. The van der Waals surface area contributed by atoms with Crippen molar-refractivity contribution in [3.05, 3.63) is 179 Å². The Hall–Kier alpha value is -9.03. The number of hydrogen-bond donors (Lipinski definition) is 5. The topological polar surface area (TPSA) is 274 Å². The smallest absolute Gasteiger partial charge is 0.492 e. The van der Waals surface area contributed by atoms with Crippen molar-refractivity contribution in [1.82, 2.24) is 36.5 Å². The molecule has 0 unspecified atom stereocenters. The summed E-state index contributed by atoms with van der Waals surface area (Å²) >= 11 is 3.38. The highest BCUT2D eigenvalue weighted by atomic mass is 79.9. The molecular weight excluding hydrogens is 1340 g/mol. The molecule has 0 radical (unpaired) electrons. The van der Waals surface area contributed by atoms with Gasteiger partial charge in [0, 0.05) is 67.5 Å².